The van der Waals surface area contributed by atoms with Crippen molar-refractivity contribution in [3.8, 4) is 11.5 Å². The van der Waals surface area contributed by atoms with E-state index in [4.69, 9.17) is 9.15 Å². The lowest BCUT2D eigenvalue weighted by atomic mass is 10.0. The molecule has 0 saturated heterocycles. The number of fused-ring (bicyclic) bond motifs is 1. The second kappa shape index (κ2) is 9.52. The van der Waals surface area contributed by atoms with Crippen LogP contribution in [0.4, 0.5) is 5.82 Å². The first kappa shape index (κ1) is 22.0. The molecule has 2 heterocycles. The SMILES string of the molecule is C=CC(=O)NC1=CCCCC1=Nc1cc(Oc2ccc3c(C(=O)NC)c(C)oc3c2)ccn1. The quantitative estimate of drug-likeness (QED) is 0.535. The van der Waals surface area contributed by atoms with Gasteiger partial charge in [0.1, 0.15) is 22.8 Å². The van der Waals surface area contributed by atoms with Gasteiger partial charge in [0.2, 0.25) is 5.91 Å². The van der Waals surface area contributed by atoms with Crippen LogP contribution in [0.25, 0.3) is 11.0 Å². The van der Waals surface area contributed by atoms with Gasteiger partial charge >= 0.3 is 0 Å². The highest BCUT2D eigenvalue weighted by Crippen LogP contribution is 2.31. The number of rotatable bonds is 6. The lowest BCUT2D eigenvalue weighted by molar-refractivity contribution is -0.115. The van der Waals surface area contributed by atoms with Gasteiger partial charge in [0.25, 0.3) is 5.91 Å². The van der Waals surface area contributed by atoms with Crippen molar-refractivity contribution < 1.29 is 18.7 Å². The van der Waals surface area contributed by atoms with Gasteiger partial charge in [-0.05, 0) is 50.5 Å². The Morgan fingerprint density at radius 1 is 1.24 bits per heavy atom. The highest BCUT2D eigenvalue weighted by Gasteiger charge is 2.18. The number of carbonyl (C=O) groups excluding carboxylic acids is 2. The summed E-state index contributed by atoms with van der Waals surface area (Å²) in [6, 6.07) is 8.78. The molecular weight excluding hydrogens is 420 g/mol. The van der Waals surface area contributed by atoms with E-state index in [2.05, 4.69) is 27.2 Å². The van der Waals surface area contributed by atoms with Gasteiger partial charge in [-0.15, -0.1) is 0 Å². The molecule has 8 heteroatoms. The first-order valence-electron chi connectivity index (χ1n) is 10.6. The second-order valence-corrected chi connectivity index (χ2v) is 7.48. The van der Waals surface area contributed by atoms with Crippen molar-refractivity contribution >= 4 is 34.3 Å². The summed E-state index contributed by atoms with van der Waals surface area (Å²) in [5.41, 5.74) is 2.52. The number of ether oxygens (including phenoxy) is 1. The number of pyridine rings is 1. The van der Waals surface area contributed by atoms with Crippen LogP contribution in [-0.2, 0) is 4.79 Å². The van der Waals surface area contributed by atoms with Gasteiger partial charge in [0.05, 0.1) is 17.0 Å². The number of aliphatic imine (C=N–C) groups is 1. The van der Waals surface area contributed by atoms with Crippen LogP contribution in [0.1, 0.15) is 35.4 Å². The van der Waals surface area contributed by atoms with Gasteiger partial charge in [-0.1, -0.05) is 12.7 Å². The summed E-state index contributed by atoms with van der Waals surface area (Å²) in [5, 5.41) is 6.16. The average molecular weight is 444 g/mol. The van der Waals surface area contributed by atoms with Crippen molar-refractivity contribution in [1.82, 2.24) is 15.6 Å². The van der Waals surface area contributed by atoms with Crippen LogP contribution in [-0.4, -0.2) is 29.6 Å². The summed E-state index contributed by atoms with van der Waals surface area (Å²) in [6.45, 7) is 5.24. The number of aromatic nitrogens is 1. The third-order valence-electron chi connectivity index (χ3n) is 5.21. The van der Waals surface area contributed by atoms with Crippen LogP contribution in [0.2, 0.25) is 0 Å². The molecule has 2 aromatic heterocycles. The Hall–Kier alpha value is -4.20. The molecule has 0 saturated carbocycles. The average Bonchev–Trinajstić information content (AvgIpc) is 3.15. The van der Waals surface area contributed by atoms with E-state index in [0.29, 0.717) is 39.9 Å². The third kappa shape index (κ3) is 4.85. The first-order chi connectivity index (χ1) is 16.0. The molecule has 1 aliphatic rings. The predicted molar refractivity (Wildman–Crippen MR) is 126 cm³/mol. The Morgan fingerprint density at radius 2 is 2.06 bits per heavy atom. The maximum atomic E-state index is 12.1. The lowest BCUT2D eigenvalue weighted by Gasteiger charge is -2.16. The Kier molecular flexibility index (Phi) is 6.35. The minimum Gasteiger partial charge on any atom is -0.460 e. The number of nitrogens with zero attached hydrogens (tertiary/aromatic N) is 2. The van der Waals surface area contributed by atoms with Crippen molar-refractivity contribution in [3.63, 3.8) is 0 Å². The highest BCUT2D eigenvalue weighted by molar-refractivity contribution is 6.07. The molecule has 1 aliphatic carbocycles. The maximum absolute atomic E-state index is 12.1. The molecule has 0 fully saturated rings. The van der Waals surface area contributed by atoms with E-state index in [9.17, 15) is 9.59 Å². The Morgan fingerprint density at radius 3 is 2.85 bits per heavy atom. The molecule has 0 bridgehead atoms. The molecule has 2 amide bonds. The number of allylic oxidation sites excluding steroid dienone is 2. The molecular formula is C25H24N4O4. The molecule has 4 rings (SSSR count). The number of hydrogen-bond acceptors (Lipinski definition) is 6. The summed E-state index contributed by atoms with van der Waals surface area (Å²) in [6.07, 6.45) is 7.36. The molecule has 0 aliphatic heterocycles. The lowest BCUT2D eigenvalue weighted by Crippen LogP contribution is -2.27. The largest absolute Gasteiger partial charge is 0.460 e. The molecule has 168 valence electrons. The number of furan rings is 1. The number of hydrogen-bond donors (Lipinski definition) is 2. The van der Waals surface area contributed by atoms with Crippen molar-refractivity contribution in [1.29, 1.82) is 0 Å². The third-order valence-corrected chi connectivity index (χ3v) is 5.21. The monoisotopic (exact) mass is 444 g/mol. The molecule has 1 aromatic carbocycles. The second-order valence-electron chi connectivity index (χ2n) is 7.48. The Labute approximate surface area is 191 Å². The van der Waals surface area contributed by atoms with Crippen LogP contribution >= 0.6 is 0 Å². The summed E-state index contributed by atoms with van der Waals surface area (Å²) in [5.74, 6) is 1.65. The smallest absolute Gasteiger partial charge is 0.255 e. The predicted octanol–water partition coefficient (Wildman–Crippen LogP) is 4.73. The van der Waals surface area contributed by atoms with Crippen LogP contribution in [0.5, 0.6) is 11.5 Å². The van der Waals surface area contributed by atoms with Gasteiger partial charge in [0.15, 0.2) is 5.82 Å². The fraction of sp³-hybridized carbons (Fsp3) is 0.200. The zero-order valence-corrected chi connectivity index (χ0v) is 18.5. The van der Waals surface area contributed by atoms with E-state index in [0.717, 1.165) is 30.4 Å². The van der Waals surface area contributed by atoms with Gasteiger partial charge in [-0.25, -0.2) is 9.98 Å². The van der Waals surface area contributed by atoms with Gasteiger partial charge < -0.3 is 19.8 Å². The van der Waals surface area contributed by atoms with Crippen LogP contribution in [0.15, 0.2) is 70.4 Å². The zero-order chi connectivity index (χ0) is 23.4. The highest BCUT2D eigenvalue weighted by atomic mass is 16.5. The molecule has 0 unspecified atom stereocenters. The van der Waals surface area contributed by atoms with Gasteiger partial charge in [-0.2, -0.15) is 0 Å². The molecule has 0 atom stereocenters. The fourth-order valence-electron chi connectivity index (χ4n) is 3.66. The summed E-state index contributed by atoms with van der Waals surface area (Å²) in [7, 11) is 1.59. The van der Waals surface area contributed by atoms with Crippen molar-refractivity contribution in [2.24, 2.45) is 4.99 Å². The maximum Gasteiger partial charge on any atom is 0.255 e. The number of aryl methyl sites for hydroxylation is 1. The number of carbonyl (C=O) groups is 2. The molecule has 0 spiro atoms. The van der Waals surface area contributed by atoms with E-state index in [1.54, 1.807) is 50.5 Å². The summed E-state index contributed by atoms with van der Waals surface area (Å²) in [4.78, 5) is 32.8. The van der Waals surface area contributed by atoms with E-state index in [1.165, 1.54) is 6.08 Å². The number of amides is 2. The zero-order valence-electron chi connectivity index (χ0n) is 18.5. The Balaban J connectivity index is 1.58. The topological polar surface area (TPSA) is 106 Å². The molecule has 0 radical (unpaired) electrons. The van der Waals surface area contributed by atoms with Crippen molar-refractivity contribution in [2.75, 3.05) is 7.05 Å². The van der Waals surface area contributed by atoms with E-state index in [1.807, 2.05) is 6.08 Å². The van der Waals surface area contributed by atoms with Crippen molar-refractivity contribution in [3.05, 3.63) is 72.3 Å². The normalized spacial score (nSPS) is 14.6. The van der Waals surface area contributed by atoms with Gasteiger partial charge in [0, 0.05) is 30.8 Å². The standard InChI is InChI=1S/C25H24N4O4/c1-4-23(30)29-20-8-6-5-7-19(20)28-22-14-17(11-12-27-22)33-16-9-10-18-21(13-16)32-15(2)24(18)25(31)26-3/h4,8-14H,1,5-7H2,2-3H3,(H,26,31)(H,29,30). The van der Waals surface area contributed by atoms with Crippen LogP contribution in [0, 0.1) is 6.92 Å². The van der Waals surface area contributed by atoms with Crippen LogP contribution < -0.4 is 15.4 Å². The minimum atomic E-state index is -0.274. The van der Waals surface area contributed by atoms with Crippen molar-refractivity contribution in [2.45, 2.75) is 26.2 Å². The van der Waals surface area contributed by atoms with Crippen LogP contribution in [0.3, 0.4) is 0 Å². The van der Waals surface area contributed by atoms with E-state index >= 15 is 0 Å². The first-order valence-corrected chi connectivity index (χ1v) is 10.6. The summed E-state index contributed by atoms with van der Waals surface area (Å²) >= 11 is 0. The molecule has 33 heavy (non-hydrogen) atoms. The minimum absolute atomic E-state index is 0.196. The Bertz CT molecular complexity index is 1300. The summed E-state index contributed by atoms with van der Waals surface area (Å²) < 4.78 is 11.7. The van der Waals surface area contributed by atoms with E-state index in [-0.39, 0.29) is 11.8 Å². The number of nitrogens with one attached hydrogen (secondary N) is 2. The molecule has 2 N–H and O–H groups in total. The van der Waals surface area contributed by atoms with E-state index < -0.39 is 0 Å². The molecule has 8 nitrogen and oxygen atoms in total. The molecule has 3 aromatic rings. The van der Waals surface area contributed by atoms with Gasteiger partial charge in [-0.3, -0.25) is 9.59 Å². The number of benzene rings is 1. The fourth-order valence-corrected chi connectivity index (χ4v) is 3.66.